The van der Waals surface area contributed by atoms with Crippen molar-refractivity contribution in [2.24, 2.45) is 0 Å². The summed E-state index contributed by atoms with van der Waals surface area (Å²) in [6.45, 7) is 6.96. The summed E-state index contributed by atoms with van der Waals surface area (Å²) >= 11 is 3.37. The lowest BCUT2D eigenvalue weighted by molar-refractivity contribution is 0.359. The fourth-order valence-corrected chi connectivity index (χ4v) is 1.43. The Morgan fingerprint density at radius 1 is 1.21 bits per heavy atom. The first kappa shape index (κ1) is 10.9. The minimum atomic E-state index is -0.484. The van der Waals surface area contributed by atoms with E-state index in [9.17, 15) is 0 Å². The molecule has 0 unspecified atom stereocenters. The third kappa shape index (κ3) is 2.96. The molecule has 0 aliphatic rings. The van der Waals surface area contributed by atoms with Crippen LogP contribution in [0.25, 0.3) is 0 Å². The third-order valence-electron chi connectivity index (χ3n) is 1.56. The van der Waals surface area contributed by atoms with Crippen LogP contribution in [0.1, 0.15) is 0 Å². The SMILES string of the molecule is C=COB(OC=C)c1cccc(Br)c1. The molecule has 0 N–H and O–H groups in total. The smallest absolute Gasteiger partial charge is 0.529 e. The summed E-state index contributed by atoms with van der Waals surface area (Å²) in [5.74, 6) is 0. The lowest BCUT2D eigenvalue weighted by atomic mass is 9.79. The van der Waals surface area contributed by atoms with Gasteiger partial charge in [-0.3, -0.25) is 0 Å². The zero-order chi connectivity index (χ0) is 10.4. The maximum atomic E-state index is 5.17. The Bertz CT molecular complexity index is 318. The van der Waals surface area contributed by atoms with Crippen LogP contribution in [0.3, 0.4) is 0 Å². The van der Waals surface area contributed by atoms with Gasteiger partial charge in [-0.05, 0) is 12.1 Å². The van der Waals surface area contributed by atoms with E-state index in [1.165, 1.54) is 12.5 Å². The van der Waals surface area contributed by atoms with Gasteiger partial charge in [0.2, 0.25) is 0 Å². The quantitative estimate of drug-likeness (QED) is 0.592. The Balaban J connectivity index is 2.85. The van der Waals surface area contributed by atoms with Crippen LogP contribution in [0.5, 0.6) is 0 Å². The summed E-state index contributed by atoms with van der Waals surface area (Å²) in [6.07, 6.45) is 2.68. The molecule has 1 aromatic carbocycles. The summed E-state index contributed by atoms with van der Waals surface area (Å²) in [6, 6.07) is 7.66. The first-order valence-corrected chi connectivity index (χ1v) is 4.85. The lowest BCUT2D eigenvalue weighted by Gasteiger charge is -2.10. The molecule has 1 rings (SSSR count). The van der Waals surface area contributed by atoms with Crippen molar-refractivity contribution in [3.05, 3.63) is 54.4 Å². The van der Waals surface area contributed by atoms with Gasteiger partial charge in [-0.2, -0.15) is 0 Å². The van der Waals surface area contributed by atoms with Gasteiger partial charge in [0, 0.05) is 9.94 Å². The molecular weight excluding hydrogens is 243 g/mol. The molecule has 0 atom stereocenters. The first-order chi connectivity index (χ1) is 6.77. The number of rotatable bonds is 5. The van der Waals surface area contributed by atoms with Gasteiger partial charge in [-0.25, -0.2) is 0 Å². The van der Waals surface area contributed by atoms with Gasteiger partial charge in [0.1, 0.15) is 0 Å². The van der Waals surface area contributed by atoms with Gasteiger partial charge in [0.05, 0.1) is 12.5 Å². The van der Waals surface area contributed by atoms with Crippen LogP contribution >= 0.6 is 15.9 Å². The Morgan fingerprint density at radius 2 is 1.86 bits per heavy atom. The molecule has 0 heterocycles. The van der Waals surface area contributed by atoms with E-state index in [-0.39, 0.29) is 0 Å². The van der Waals surface area contributed by atoms with Gasteiger partial charge in [-0.1, -0.05) is 41.2 Å². The van der Waals surface area contributed by atoms with E-state index in [0.29, 0.717) is 0 Å². The van der Waals surface area contributed by atoms with Crippen molar-refractivity contribution in [2.45, 2.75) is 0 Å². The van der Waals surface area contributed by atoms with Crippen LogP contribution in [-0.4, -0.2) is 7.12 Å². The molecular formula is C10H10BBrO2. The highest BCUT2D eigenvalue weighted by molar-refractivity contribution is 9.10. The van der Waals surface area contributed by atoms with Crippen LogP contribution in [0.2, 0.25) is 0 Å². The van der Waals surface area contributed by atoms with Crippen LogP contribution < -0.4 is 5.46 Å². The van der Waals surface area contributed by atoms with Crippen molar-refractivity contribution in [3.63, 3.8) is 0 Å². The normalized spacial score (nSPS) is 8.93. The van der Waals surface area contributed by atoms with E-state index in [1.807, 2.05) is 24.3 Å². The average Bonchev–Trinajstić information content (AvgIpc) is 2.17. The van der Waals surface area contributed by atoms with Crippen LogP contribution in [0, 0.1) is 0 Å². The predicted molar refractivity (Wildman–Crippen MR) is 62.1 cm³/mol. The molecule has 0 amide bonds. The van der Waals surface area contributed by atoms with E-state index in [0.717, 1.165) is 9.94 Å². The molecule has 0 fully saturated rings. The fourth-order valence-electron chi connectivity index (χ4n) is 1.02. The second-order valence-electron chi connectivity index (χ2n) is 2.49. The van der Waals surface area contributed by atoms with Crippen molar-refractivity contribution in [2.75, 3.05) is 0 Å². The third-order valence-corrected chi connectivity index (χ3v) is 2.05. The summed E-state index contributed by atoms with van der Waals surface area (Å²) in [4.78, 5) is 0. The second kappa shape index (κ2) is 5.55. The molecule has 72 valence electrons. The molecule has 0 bridgehead atoms. The van der Waals surface area contributed by atoms with Gasteiger partial charge in [0.15, 0.2) is 0 Å². The maximum Gasteiger partial charge on any atom is 0.631 e. The van der Waals surface area contributed by atoms with Gasteiger partial charge in [0.25, 0.3) is 0 Å². The molecule has 0 saturated heterocycles. The topological polar surface area (TPSA) is 18.5 Å². The van der Waals surface area contributed by atoms with Crippen molar-refractivity contribution < 1.29 is 9.31 Å². The number of hydrogen-bond acceptors (Lipinski definition) is 2. The molecule has 14 heavy (non-hydrogen) atoms. The van der Waals surface area contributed by atoms with Crippen molar-refractivity contribution in [1.29, 1.82) is 0 Å². The van der Waals surface area contributed by atoms with Gasteiger partial charge < -0.3 is 9.31 Å². The Hall–Kier alpha value is -1.16. The van der Waals surface area contributed by atoms with Crippen LogP contribution in [0.4, 0.5) is 0 Å². The standard InChI is InChI=1S/C10H10BBrO2/c1-3-13-11(14-4-2)9-6-5-7-10(12)8-9/h3-8H,1-2H2. The summed E-state index contributed by atoms with van der Waals surface area (Å²) in [5.41, 5.74) is 0.902. The Labute approximate surface area is 92.5 Å². The zero-order valence-electron chi connectivity index (χ0n) is 7.65. The Morgan fingerprint density at radius 3 is 2.36 bits per heavy atom. The van der Waals surface area contributed by atoms with Crippen molar-refractivity contribution in [1.82, 2.24) is 0 Å². The molecule has 0 saturated carbocycles. The minimum absolute atomic E-state index is 0.484. The molecule has 2 nitrogen and oxygen atoms in total. The van der Waals surface area contributed by atoms with E-state index in [4.69, 9.17) is 9.31 Å². The minimum Gasteiger partial charge on any atom is -0.529 e. The largest absolute Gasteiger partial charge is 0.631 e. The summed E-state index contributed by atoms with van der Waals surface area (Å²) in [7, 11) is -0.484. The van der Waals surface area contributed by atoms with Crippen molar-refractivity contribution >= 4 is 28.5 Å². The van der Waals surface area contributed by atoms with Crippen LogP contribution in [-0.2, 0) is 9.31 Å². The lowest BCUT2D eigenvalue weighted by Crippen LogP contribution is -2.33. The summed E-state index contributed by atoms with van der Waals surface area (Å²) < 4.78 is 11.3. The fraction of sp³-hybridized carbons (Fsp3) is 0. The molecule has 4 heteroatoms. The van der Waals surface area contributed by atoms with Crippen molar-refractivity contribution in [3.8, 4) is 0 Å². The van der Waals surface area contributed by atoms with Gasteiger partial charge in [-0.15, -0.1) is 0 Å². The Kier molecular flexibility index (Phi) is 4.33. The maximum absolute atomic E-state index is 5.17. The summed E-state index contributed by atoms with van der Waals surface area (Å²) in [5, 5.41) is 0. The van der Waals surface area contributed by atoms with E-state index < -0.39 is 7.12 Å². The average molecular weight is 253 g/mol. The highest BCUT2D eigenvalue weighted by atomic mass is 79.9. The number of halogens is 1. The zero-order valence-corrected chi connectivity index (χ0v) is 9.24. The molecule has 1 aromatic rings. The highest BCUT2D eigenvalue weighted by Crippen LogP contribution is 2.06. The number of hydrogen-bond donors (Lipinski definition) is 0. The molecule has 0 aliphatic heterocycles. The molecule has 0 spiro atoms. The van der Waals surface area contributed by atoms with E-state index >= 15 is 0 Å². The highest BCUT2D eigenvalue weighted by Gasteiger charge is 2.22. The van der Waals surface area contributed by atoms with Gasteiger partial charge >= 0.3 is 7.12 Å². The predicted octanol–water partition coefficient (Wildman–Crippen LogP) is 2.46. The monoisotopic (exact) mass is 252 g/mol. The second-order valence-corrected chi connectivity index (χ2v) is 3.41. The van der Waals surface area contributed by atoms with E-state index in [1.54, 1.807) is 0 Å². The van der Waals surface area contributed by atoms with Crippen LogP contribution in [0.15, 0.2) is 54.4 Å². The molecule has 0 radical (unpaired) electrons. The molecule has 0 aliphatic carbocycles. The van der Waals surface area contributed by atoms with E-state index in [2.05, 4.69) is 29.1 Å². The molecule has 0 aromatic heterocycles. The first-order valence-electron chi connectivity index (χ1n) is 4.06. The number of benzene rings is 1.